The van der Waals surface area contributed by atoms with Crippen LogP contribution in [0.1, 0.15) is 28.9 Å². The van der Waals surface area contributed by atoms with Gasteiger partial charge in [0.05, 0.1) is 0 Å². The molecule has 0 N–H and O–H groups in total. The molecule has 3 aromatic rings. The van der Waals surface area contributed by atoms with E-state index < -0.39 is 6.41 Å². The van der Waals surface area contributed by atoms with Gasteiger partial charge in [0.15, 0.2) is 0 Å². The molecule has 2 atom stereocenters. The second-order valence-corrected chi connectivity index (χ2v) is 5.93. The fourth-order valence-corrected chi connectivity index (χ4v) is 2.97. The summed E-state index contributed by atoms with van der Waals surface area (Å²) in [5.41, 5.74) is 3.21. The molecule has 3 heteroatoms. The van der Waals surface area contributed by atoms with Crippen molar-refractivity contribution in [3.05, 3.63) is 108 Å². The highest BCUT2D eigenvalue weighted by atomic mass is 16.7. The maximum absolute atomic E-state index is 6.12. The zero-order valence-corrected chi connectivity index (χ0v) is 13.7. The van der Waals surface area contributed by atoms with Crippen LogP contribution < -0.4 is 0 Å². The van der Waals surface area contributed by atoms with Gasteiger partial charge in [-0.15, -0.1) is 0 Å². The lowest BCUT2D eigenvalue weighted by molar-refractivity contribution is -0.0585. The van der Waals surface area contributed by atoms with Gasteiger partial charge < -0.3 is 9.47 Å². The summed E-state index contributed by atoms with van der Waals surface area (Å²) in [6, 6.07) is 30.3. The fraction of sp³-hybridized carbons (Fsp3) is 0.136. The van der Waals surface area contributed by atoms with Crippen LogP contribution in [0.15, 0.2) is 96.0 Å². The molecule has 1 aliphatic heterocycles. The summed E-state index contributed by atoms with van der Waals surface area (Å²) in [5.74, 6) is 0. The molecule has 0 unspecified atom stereocenters. The predicted molar refractivity (Wildman–Crippen MR) is 98.4 cm³/mol. The van der Waals surface area contributed by atoms with Crippen molar-refractivity contribution in [1.29, 1.82) is 0 Å². The first-order chi connectivity index (χ1) is 12.4. The van der Waals surface area contributed by atoms with Crippen LogP contribution in [0.5, 0.6) is 0 Å². The van der Waals surface area contributed by atoms with Gasteiger partial charge in [0.2, 0.25) is 0 Å². The van der Waals surface area contributed by atoms with Crippen molar-refractivity contribution in [2.75, 3.05) is 0 Å². The minimum absolute atomic E-state index is 0.179. The molecule has 1 saturated heterocycles. The van der Waals surface area contributed by atoms with Gasteiger partial charge in [0, 0.05) is 6.21 Å². The standard InChI is InChI=1S/C22H19NO2/c1-4-10-17(11-5-1)16-23-22-24-20(18-12-6-2-7-13-18)21(25-22)19-14-8-3-9-15-19/h1-16,20-22H/b23-16+/t20-,21-/m1/s1. The molecule has 124 valence electrons. The third-order valence-electron chi connectivity index (χ3n) is 4.20. The van der Waals surface area contributed by atoms with Crippen LogP contribution in [0.3, 0.4) is 0 Å². The Bertz CT molecular complexity index is 771. The van der Waals surface area contributed by atoms with E-state index in [1.807, 2.05) is 66.7 Å². The van der Waals surface area contributed by atoms with Gasteiger partial charge in [0.1, 0.15) is 12.2 Å². The molecule has 1 fully saturated rings. The van der Waals surface area contributed by atoms with E-state index in [9.17, 15) is 0 Å². The van der Waals surface area contributed by atoms with Crippen LogP contribution in [0.2, 0.25) is 0 Å². The van der Waals surface area contributed by atoms with Crippen LogP contribution in [-0.4, -0.2) is 12.6 Å². The van der Waals surface area contributed by atoms with Crippen molar-refractivity contribution >= 4 is 6.21 Å². The maximum Gasteiger partial charge on any atom is 0.259 e. The van der Waals surface area contributed by atoms with Gasteiger partial charge in [-0.2, -0.15) is 0 Å². The number of hydrogen-bond acceptors (Lipinski definition) is 3. The Labute approximate surface area is 147 Å². The molecule has 3 aromatic carbocycles. The molecule has 0 bridgehead atoms. The summed E-state index contributed by atoms with van der Waals surface area (Å²) < 4.78 is 12.2. The monoisotopic (exact) mass is 329 g/mol. The lowest BCUT2D eigenvalue weighted by atomic mass is 9.99. The Balaban J connectivity index is 1.59. The molecular weight excluding hydrogens is 310 g/mol. The van der Waals surface area contributed by atoms with E-state index in [0.717, 1.165) is 16.7 Å². The lowest BCUT2D eigenvalue weighted by Gasteiger charge is -2.17. The number of aliphatic imine (C=N–C) groups is 1. The third-order valence-corrected chi connectivity index (χ3v) is 4.20. The van der Waals surface area contributed by atoms with E-state index in [-0.39, 0.29) is 12.2 Å². The second kappa shape index (κ2) is 7.43. The van der Waals surface area contributed by atoms with Crippen LogP contribution in [-0.2, 0) is 9.47 Å². The molecule has 0 saturated carbocycles. The first kappa shape index (κ1) is 15.8. The molecule has 0 amide bonds. The predicted octanol–water partition coefficient (Wildman–Crippen LogP) is 4.92. The Hall–Kier alpha value is -2.75. The fourth-order valence-electron chi connectivity index (χ4n) is 2.97. The van der Waals surface area contributed by atoms with Crippen LogP contribution in [0, 0.1) is 0 Å². The van der Waals surface area contributed by atoms with E-state index in [4.69, 9.17) is 9.47 Å². The van der Waals surface area contributed by atoms with Crippen molar-refractivity contribution in [1.82, 2.24) is 0 Å². The molecule has 25 heavy (non-hydrogen) atoms. The van der Waals surface area contributed by atoms with Crippen molar-refractivity contribution in [2.24, 2.45) is 4.99 Å². The summed E-state index contributed by atoms with van der Waals surface area (Å²) in [7, 11) is 0. The molecule has 1 heterocycles. The number of hydrogen-bond donors (Lipinski definition) is 0. The van der Waals surface area contributed by atoms with Gasteiger partial charge in [-0.3, -0.25) is 0 Å². The molecule has 0 radical (unpaired) electrons. The van der Waals surface area contributed by atoms with Crippen LogP contribution >= 0.6 is 0 Å². The summed E-state index contributed by atoms with van der Waals surface area (Å²) in [4.78, 5) is 4.48. The Morgan fingerprint density at radius 1 is 0.600 bits per heavy atom. The minimum atomic E-state index is -0.615. The zero-order valence-electron chi connectivity index (χ0n) is 13.7. The van der Waals surface area contributed by atoms with Gasteiger partial charge in [-0.1, -0.05) is 91.0 Å². The number of rotatable bonds is 4. The Kier molecular flexibility index (Phi) is 4.68. The molecule has 0 aromatic heterocycles. The van der Waals surface area contributed by atoms with E-state index in [1.54, 1.807) is 6.21 Å². The number of benzene rings is 3. The first-order valence-corrected chi connectivity index (χ1v) is 8.39. The van der Waals surface area contributed by atoms with E-state index in [0.29, 0.717) is 0 Å². The van der Waals surface area contributed by atoms with Crippen LogP contribution in [0.4, 0.5) is 0 Å². The van der Waals surface area contributed by atoms with Crippen molar-refractivity contribution in [3.8, 4) is 0 Å². The average Bonchev–Trinajstić information content (AvgIpc) is 3.13. The summed E-state index contributed by atoms with van der Waals surface area (Å²) in [6.07, 6.45) is 0.818. The van der Waals surface area contributed by atoms with Crippen molar-refractivity contribution in [3.63, 3.8) is 0 Å². The SMILES string of the molecule is C(=N\C1O[C@H](c2ccccc2)[C@@H](c2ccccc2)O1)/c1ccccc1. The maximum atomic E-state index is 6.12. The van der Waals surface area contributed by atoms with Gasteiger partial charge >= 0.3 is 0 Å². The molecule has 3 nitrogen and oxygen atoms in total. The second-order valence-electron chi connectivity index (χ2n) is 5.93. The quantitative estimate of drug-likeness (QED) is 0.636. The lowest BCUT2D eigenvalue weighted by Crippen LogP contribution is -2.06. The average molecular weight is 329 g/mol. The molecule has 1 aliphatic rings. The largest absolute Gasteiger partial charge is 0.323 e. The van der Waals surface area contributed by atoms with Crippen molar-refractivity contribution < 1.29 is 9.47 Å². The normalized spacial score (nSPS) is 21.0. The smallest absolute Gasteiger partial charge is 0.259 e. The van der Waals surface area contributed by atoms with Gasteiger partial charge in [0.25, 0.3) is 6.41 Å². The van der Waals surface area contributed by atoms with Crippen LogP contribution in [0.25, 0.3) is 0 Å². The summed E-state index contributed by atoms with van der Waals surface area (Å²) in [5, 5.41) is 0. The molecule has 4 rings (SSSR count). The van der Waals surface area contributed by atoms with E-state index in [1.165, 1.54) is 0 Å². The van der Waals surface area contributed by atoms with Gasteiger partial charge in [-0.25, -0.2) is 4.99 Å². The highest BCUT2D eigenvalue weighted by Gasteiger charge is 2.37. The Morgan fingerprint density at radius 3 is 1.52 bits per heavy atom. The third kappa shape index (κ3) is 3.68. The molecule has 0 aliphatic carbocycles. The van der Waals surface area contributed by atoms with E-state index >= 15 is 0 Å². The molecular formula is C22H19NO2. The minimum Gasteiger partial charge on any atom is -0.323 e. The topological polar surface area (TPSA) is 30.8 Å². The highest BCUT2D eigenvalue weighted by molar-refractivity contribution is 5.79. The van der Waals surface area contributed by atoms with Crippen molar-refractivity contribution in [2.45, 2.75) is 18.6 Å². The number of ether oxygens (including phenoxy) is 2. The summed E-state index contributed by atoms with van der Waals surface area (Å²) in [6.45, 7) is 0. The molecule has 0 spiro atoms. The highest BCUT2D eigenvalue weighted by Crippen LogP contribution is 2.42. The number of nitrogens with zero attached hydrogens (tertiary/aromatic N) is 1. The summed E-state index contributed by atoms with van der Waals surface area (Å²) >= 11 is 0. The first-order valence-electron chi connectivity index (χ1n) is 8.39. The van der Waals surface area contributed by atoms with Gasteiger partial charge in [-0.05, 0) is 16.7 Å². The Morgan fingerprint density at radius 2 is 1.04 bits per heavy atom. The van der Waals surface area contributed by atoms with E-state index in [2.05, 4.69) is 29.3 Å². The zero-order chi connectivity index (χ0) is 16.9.